The van der Waals surface area contributed by atoms with E-state index in [1.807, 2.05) is 12.1 Å². The average Bonchev–Trinajstić information content (AvgIpc) is 2.78. The molecule has 4 nitrogen and oxygen atoms in total. The van der Waals surface area contributed by atoms with E-state index in [-0.39, 0.29) is 0 Å². The summed E-state index contributed by atoms with van der Waals surface area (Å²) in [6.45, 7) is 0.375. The fraction of sp³-hybridized carbons (Fsp3) is 0.167. The number of benzene rings is 1. The smallest absolute Gasteiger partial charge is 0.146 e. The Balaban J connectivity index is 2.06. The van der Waals surface area contributed by atoms with Crippen molar-refractivity contribution >= 4 is 5.69 Å². The highest BCUT2D eigenvalue weighted by molar-refractivity contribution is 5.50. The quantitative estimate of drug-likeness (QED) is 0.802. The summed E-state index contributed by atoms with van der Waals surface area (Å²) in [4.78, 5) is 0. The number of nitrogen functional groups attached to an aromatic ring is 1. The van der Waals surface area contributed by atoms with E-state index in [2.05, 4.69) is 0 Å². The fourth-order valence-electron chi connectivity index (χ4n) is 1.34. The van der Waals surface area contributed by atoms with Crippen molar-refractivity contribution in [1.29, 1.82) is 0 Å². The van der Waals surface area contributed by atoms with Crippen molar-refractivity contribution in [3.8, 4) is 11.5 Å². The van der Waals surface area contributed by atoms with Crippen LogP contribution in [0.1, 0.15) is 5.76 Å². The van der Waals surface area contributed by atoms with Crippen LogP contribution < -0.4 is 15.2 Å². The lowest BCUT2D eigenvalue weighted by atomic mass is 10.3. The molecule has 0 aliphatic carbocycles. The zero-order valence-electron chi connectivity index (χ0n) is 8.97. The molecule has 0 fully saturated rings. The lowest BCUT2D eigenvalue weighted by molar-refractivity contribution is 0.269. The van der Waals surface area contributed by atoms with Crippen molar-refractivity contribution in [3.05, 3.63) is 42.4 Å². The number of anilines is 1. The van der Waals surface area contributed by atoms with Crippen molar-refractivity contribution in [1.82, 2.24) is 0 Å². The summed E-state index contributed by atoms with van der Waals surface area (Å²) >= 11 is 0. The molecule has 2 aromatic rings. The van der Waals surface area contributed by atoms with Gasteiger partial charge in [0.1, 0.15) is 23.9 Å². The van der Waals surface area contributed by atoms with Crippen LogP contribution in [0.3, 0.4) is 0 Å². The molecule has 0 amide bonds. The molecule has 2 N–H and O–H groups in total. The molecule has 0 saturated heterocycles. The van der Waals surface area contributed by atoms with Gasteiger partial charge in [0.2, 0.25) is 0 Å². The number of ether oxygens (including phenoxy) is 2. The van der Waals surface area contributed by atoms with E-state index in [0.717, 1.165) is 5.76 Å². The van der Waals surface area contributed by atoms with Crippen LogP contribution in [-0.2, 0) is 6.61 Å². The van der Waals surface area contributed by atoms with E-state index in [9.17, 15) is 0 Å². The van der Waals surface area contributed by atoms with Gasteiger partial charge < -0.3 is 19.6 Å². The topological polar surface area (TPSA) is 57.6 Å². The molecule has 0 aliphatic heterocycles. The number of hydrogen-bond acceptors (Lipinski definition) is 4. The van der Waals surface area contributed by atoms with Crippen LogP contribution in [0.2, 0.25) is 0 Å². The summed E-state index contributed by atoms with van der Waals surface area (Å²) in [6, 6.07) is 8.92. The molecule has 1 aromatic heterocycles. The summed E-state index contributed by atoms with van der Waals surface area (Å²) in [5.74, 6) is 2.10. The van der Waals surface area contributed by atoms with Crippen LogP contribution >= 0.6 is 0 Å². The molecule has 0 radical (unpaired) electrons. The monoisotopic (exact) mass is 219 g/mol. The molecule has 1 aromatic carbocycles. The minimum Gasteiger partial charge on any atom is -0.497 e. The highest BCUT2D eigenvalue weighted by atomic mass is 16.5. The Morgan fingerprint density at radius 3 is 2.75 bits per heavy atom. The SMILES string of the molecule is COc1cc(N)cc(OCc2ccco2)c1. The second-order valence-corrected chi connectivity index (χ2v) is 3.31. The molecule has 16 heavy (non-hydrogen) atoms. The van der Waals surface area contributed by atoms with Gasteiger partial charge in [0.25, 0.3) is 0 Å². The summed E-state index contributed by atoms with van der Waals surface area (Å²) < 4.78 is 15.8. The van der Waals surface area contributed by atoms with Gasteiger partial charge in [0.05, 0.1) is 13.4 Å². The van der Waals surface area contributed by atoms with Crippen molar-refractivity contribution in [2.24, 2.45) is 0 Å². The van der Waals surface area contributed by atoms with Crippen molar-refractivity contribution < 1.29 is 13.9 Å². The molecule has 84 valence electrons. The van der Waals surface area contributed by atoms with E-state index in [1.165, 1.54) is 0 Å². The second-order valence-electron chi connectivity index (χ2n) is 3.31. The van der Waals surface area contributed by atoms with Gasteiger partial charge in [-0.2, -0.15) is 0 Å². The maximum atomic E-state index is 5.70. The molecule has 0 saturated carbocycles. The molecular formula is C12H13NO3. The number of rotatable bonds is 4. The number of furan rings is 1. The van der Waals surface area contributed by atoms with Gasteiger partial charge in [0, 0.05) is 23.9 Å². The van der Waals surface area contributed by atoms with Gasteiger partial charge in [-0.1, -0.05) is 0 Å². The van der Waals surface area contributed by atoms with E-state index in [4.69, 9.17) is 19.6 Å². The zero-order chi connectivity index (χ0) is 11.4. The Morgan fingerprint density at radius 1 is 1.25 bits per heavy atom. The summed E-state index contributed by atoms with van der Waals surface area (Å²) in [7, 11) is 1.59. The Morgan fingerprint density at radius 2 is 2.06 bits per heavy atom. The molecule has 2 rings (SSSR count). The lowest BCUT2D eigenvalue weighted by Gasteiger charge is -2.07. The minimum atomic E-state index is 0.375. The molecule has 0 spiro atoms. The third-order valence-electron chi connectivity index (χ3n) is 2.10. The number of nitrogens with two attached hydrogens (primary N) is 1. The molecular weight excluding hydrogens is 206 g/mol. The minimum absolute atomic E-state index is 0.375. The number of hydrogen-bond donors (Lipinski definition) is 1. The maximum absolute atomic E-state index is 5.70. The molecule has 0 atom stereocenters. The van der Waals surface area contributed by atoms with Crippen LogP contribution in [-0.4, -0.2) is 7.11 Å². The molecule has 1 heterocycles. The predicted octanol–water partition coefficient (Wildman–Crippen LogP) is 2.45. The summed E-state index contributed by atoms with van der Waals surface area (Å²) in [6.07, 6.45) is 1.61. The van der Waals surface area contributed by atoms with Crippen LogP contribution in [0, 0.1) is 0 Å². The van der Waals surface area contributed by atoms with Crippen LogP contribution in [0.15, 0.2) is 41.0 Å². The zero-order valence-corrected chi connectivity index (χ0v) is 8.97. The third kappa shape index (κ3) is 2.48. The van der Waals surface area contributed by atoms with Crippen LogP contribution in [0.5, 0.6) is 11.5 Å². The van der Waals surface area contributed by atoms with Crippen molar-refractivity contribution in [3.63, 3.8) is 0 Å². The first-order chi connectivity index (χ1) is 7.78. The van der Waals surface area contributed by atoms with Gasteiger partial charge in [-0.3, -0.25) is 0 Å². The van der Waals surface area contributed by atoms with Gasteiger partial charge in [-0.25, -0.2) is 0 Å². The van der Waals surface area contributed by atoms with Gasteiger partial charge in [0.15, 0.2) is 0 Å². The molecule has 4 heteroatoms. The van der Waals surface area contributed by atoms with Gasteiger partial charge in [-0.05, 0) is 12.1 Å². The fourth-order valence-corrected chi connectivity index (χ4v) is 1.34. The number of methoxy groups -OCH3 is 1. The van der Waals surface area contributed by atoms with Gasteiger partial charge >= 0.3 is 0 Å². The molecule has 0 unspecified atom stereocenters. The Labute approximate surface area is 93.6 Å². The van der Waals surface area contributed by atoms with E-state index < -0.39 is 0 Å². The average molecular weight is 219 g/mol. The first kappa shape index (κ1) is 10.4. The largest absolute Gasteiger partial charge is 0.497 e. The predicted molar refractivity (Wildman–Crippen MR) is 60.4 cm³/mol. The van der Waals surface area contributed by atoms with Crippen molar-refractivity contribution in [2.75, 3.05) is 12.8 Å². The van der Waals surface area contributed by atoms with E-state index >= 15 is 0 Å². The maximum Gasteiger partial charge on any atom is 0.146 e. The van der Waals surface area contributed by atoms with Crippen molar-refractivity contribution in [2.45, 2.75) is 6.61 Å². The second kappa shape index (κ2) is 4.61. The Hall–Kier alpha value is -2.10. The van der Waals surface area contributed by atoms with E-state index in [0.29, 0.717) is 23.8 Å². The first-order valence-electron chi connectivity index (χ1n) is 4.87. The lowest BCUT2D eigenvalue weighted by Crippen LogP contribution is -1.96. The standard InChI is InChI=1S/C12H13NO3/c1-14-11-5-9(13)6-12(7-11)16-8-10-3-2-4-15-10/h2-7H,8,13H2,1H3. The van der Waals surface area contributed by atoms with Gasteiger partial charge in [-0.15, -0.1) is 0 Å². The summed E-state index contributed by atoms with van der Waals surface area (Å²) in [5, 5.41) is 0. The Kier molecular flexibility index (Phi) is 3.00. The highest BCUT2D eigenvalue weighted by Gasteiger charge is 2.02. The third-order valence-corrected chi connectivity index (χ3v) is 2.10. The van der Waals surface area contributed by atoms with E-state index in [1.54, 1.807) is 31.6 Å². The molecule has 0 aliphatic rings. The first-order valence-corrected chi connectivity index (χ1v) is 4.87. The normalized spacial score (nSPS) is 10.1. The Bertz CT molecular complexity index is 451. The highest BCUT2D eigenvalue weighted by Crippen LogP contribution is 2.24. The summed E-state index contributed by atoms with van der Waals surface area (Å²) in [5.41, 5.74) is 6.31. The molecule has 0 bridgehead atoms. The van der Waals surface area contributed by atoms with Crippen LogP contribution in [0.25, 0.3) is 0 Å². The van der Waals surface area contributed by atoms with Crippen LogP contribution in [0.4, 0.5) is 5.69 Å².